The zero-order valence-corrected chi connectivity index (χ0v) is 27.2. The first-order valence-electron chi connectivity index (χ1n) is 16.5. The van der Waals surface area contributed by atoms with E-state index in [9.17, 15) is 0 Å². The molecule has 0 aliphatic heterocycles. The summed E-state index contributed by atoms with van der Waals surface area (Å²) in [5.74, 6) is 5.49. The number of nitrogens with zero attached hydrogens (tertiary/aromatic N) is 2. The van der Waals surface area contributed by atoms with E-state index in [1.54, 1.807) is 5.57 Å². The van der Waals surface area contributed by atoms with Gasteiger partial charge in [-0.2, -0.15) is 0 Å². The van der Waals surface area contributed by atoms with Gasteiger partial charge < -0.3 is 14.1 Å². The molecule has 9 atom stereocenters. The highest BCUT2D eigenvalue weighted by molar-refractivity contribution is 5.25. The van der Waals surface area contributed by atoms with Crippen LogP contribution in [0.4, 0.5) is 0 Å². The highest BCUT2D eigenvalue weighted by Crippen LogP contribution is 2.67. The zero-order valence-electron chi connectivity index (χ0n) is 27.2. The predicted molar refractivity (Wildman–Crippen MR) is 163 cm³/mol. The minimum absolute atomic E-state index is 0.310. The average Bonchev–Trinajstić information content (AvgIpc) is 3.14. The van der Waals surface area contributed by atoms with Crippen LogP contribution in [0, 0.1) is 46.3 Å². The molecule has 4 aliphatic carbocycles. The number of quaternary nitrogens is 1. The molecule has 3 heteroatoms. The second kappa shape index (κ2) is 11.8. The van der Waals surface area contributed by atoms with Crippen molar-refractivity contribution in [1.29, 1.82) is 0 Å². The molecule has 0 saturated heterocycles. The average molecular weight is 530 g/mol. The maximum absolute atomic E-state index is 6.88. The van der Waals surface area contributed by atoms with Gasteiger partial charge in [-0.25, -0.2) is 0 Å². The molecule has 0 amide bonds. The molecular weight excluding hydrogens is 464 g/mol. The van der Waals surface area contributed by atoms with Gasteiger partial charge in [-0.1, -0.05) is 65.5 Å². The molecule has 0 aromatic rings. The maximum Gasteiger partial charge on any atom is 0.119 e. The first kappa shape index (κ1) is 30.6. The van der Waals surface area contributed by atoms with Crippen LogP contribution in [0.2, 0.25) is 0 Å². The van der Waals surface area contributed by atoms with Crippen molar-refractivity contribution in [3.05, 3.63) is 11.6 Å². The zero-order chi connectivity index (χ0) is 27.9. The third kappa shape index (κ3) is 6.57. The number of hydrogen-bond donors (Lipinski definition) is 0. The van der Waals surface area contributed by atoms with E-state index in [2.05, 4.69) is 80.8 Å². The minimum Gasteiger partial charge on any atom is -0.367 e. The predicted octanol–water partition coefficient (Wildman–Crippen LogP) is 8.05. The third-order valence-corrected chi connectivity index (χ3v) is 12.0. The van der Waals surface area contributed by atoms with Crippen LogP contribution in [0.25, 0.3) is 0 Å². The van der Waals surface area contributed by atoms with Gasteiger partial charge in [0.05, 0.1) is 27.2 Å². The largest absolute Gasteiger partial charge is 0.367 e. The van der Waals surface area contributed by atoms with E-state index in [-0.39, 0.29) is 0 Å². The highest BCUT2D eigenvalue weighted by atomic mass is 16.5. The Balaban J connectivity index is 1.42. The van der Waals surface area contributed by atoms with E-state index < -0.39 is 0 Å². The van der Waals surface area contributed by atoms with Crippen molar-refractivity contribution < 1.29 is 9.22 Å². The molecule has 4 aliphatic rings. The van der Waals surface area contributed by atoms with Gasteiger partial charge in [0, 0.05) is 6.54 Å². The summed E-state index contributed by atoms with van der Waals surface area (Å²) in [6.45, 7) is 14.9. The van der Waals surface area contributed by atoms with Gasteiger partial charge in [0.1, 0.15) is 12.6 Å². The molecule has 4 rings (SSSR count). The fourth-order valence-electron chi connectivity index (χ4n) is 10.2. The monoisotopic (exact) mass is 530 g/mol. The van der Waals surface area contributed by atoms with Crippen LogP contribution in [0.5, 0.6) is 0 Å². The number of hydrogen-bond acceptors (Lipinski definition) is 2. The van der Waals surface area contributed by atoms with Crippen molar-refractivity contribution in [3.63, 3.8) is 0 Å². The minimum atomic E-state index is 0.310. The molecule has 0 N–H and O–H groups in total. The smallest absolute Gasteiger partial charge is 0.119 e. The summed E-state index contributed by atoms with van der Waals surface area (Å²) >= 11 is 0. The summed E-state index contributed by atoms with van der Waals surface area (Å²) in [4.78, 5) is 2.30. The SMILES string of the molecule is CC(C)CCC[C@@H](C)[C@H]1CC[C@H]2[C@@H]3CC=C4C[C@@H](OC(CN(C)C)C[N+](C)(C)C)CC[C@]4(C)[C@H]3CC[C@]12C. The van der Waals surface area contributed by atoms with Crippen molar-refractivity contribution in [2.75, 3.05) is 48.3 Å². The van der Waals surface area contributed by atoms with Crippen molar-refractivity contribution >= 4 is 0 Å². The molecule has 3 saturated carbocycles. The van der Waals surface area contributed by atoms with E-state index in [4.69, 9.17) is 4.74 Å². The van der Waals surface area contributed by atoms with Crippen molar-refractivity contribution in [2.45, 2.75) is 117 Å². The molecule has 38 heavy (non-hydrogen) atoms. The van der Waals surface area contributed by atoms with E-state index in [1.165, 1.54) is 70.6 Å². The number of allylic oxidation sites excluding steroid dienone is 1. The Kier molecular flexibility index (Phi) is 9.53. The summed E-state index contributed by atoms with van der Waals surface area (Å²) in [7, 11) is 11.3. The molecule has 0 bridgehead atoms. The van der Waals surface area contributed by atoms with Crippen LogP contribution in [0.15, 0.2) is 11.6 Å². The Bertz CT molecular complexity index is 811. The first-order valence-corrected chi connectivity index (χ1v) is 16.5. The summed E-state index contributed by atoms with van der Waals surface area (Å²) in [5, 5.41) is 0. The fraction of sp³-hybridized carbons (Fsp3) is 0.943. The van der Waals surface area contributed by atoms with E-state index in [0.717, 1.165) is 53.1 Å². The lowest BCUT2D eigenvalue weighted by molar-refractivity contribution is -0.873. The van der Waals surface area contributed by atoms with Gasteiger partial charge >= 0.3 is 0 Å². The standard InChI is InChI=1S/C35H65N2O/c1-25(2)12-11-13-26(3)31-16-17-32-30-15-14-27-22-28(38-29(23-36(6)7)24-37(8,9)10)18-20-34(27,4)33(30)19-21-35(31,32)5/h14,25-26,28-33H,11-13,15-24H2,1-10H3/q+1/t26-,28+,29?,30+,31-,32+,33+,34+,35-/m1/s1. The number of fused-ring (bicyclic) bond motifs is 5. The van der Waals surface area contributed by atoms with Crippen molar-refractivity contribution in [2.24, 2.45) is 46.3 Å². The molecule has 0 radical (unpaired) electrons. The van der Waals surface area contributed by atoms with Crippen LogP contribution < -0.4 is 0 Å². The molecule has 220 valence electrons. The Morgan fingerprint density at radius 3 is 2.37 bits per heavy atom. The molecule has 0 heterocycles. The molecule has 3 nitrogen and oxygen atoms in total. The Morgan fingerprint density at radius 1 is 0.974 bits per heavy atom. The van der Waals surface area contributed by atoms with Crippen LogP contribution in [-0.2, 0) is 4.74 Å². The second-order valence-electron chi connectivity index (χ2n) is 16.6. The maximum atomic E-state index is 6.88. The number of rotatable bonds is 11. The molecule has 0 aromatic heterocycles. The van der Waals surface area contributed by atoms with Gasteiger partial charge in [0.2, 0.25) is 0 Å². The Hall–Kier alpha value is -0.380. The van der Waals surface area contributed by atoms with Gasteiger partial charge in [-0.05, 0) is 112 Å². The lowest BCUT2D eigenvalue weighted by Crippen LogP contribution is -2.52. The second-order valence-corrected chi connectivity index (χ2v) is 16.6. The Labute approximate surface area is 237 Å². The molecular formula is C35H65N2O+. The molecule has 0 aromatic carbocycles. The normalized spacial score (nSPS) is 38.9. The summed E-state index contributed by atoms with van der Waals surface area (Å²) in [6, 6.07) is 0. The summed E-state index contributed by atoms with van der Waals surface area (Å²) < 4.78 is 7.85. The van der Waals surface area contributed by atoms with Gasteiger partial charge in [0.25, 0.3) is 0 Å². The lowest BCUT2D eigenvalue weighted by atomic mass is 9.47. The van der Waals surface area contributed by atoms with Crippen LogP contribution in [0.1, 0.15) is 105 Å². The van der Waals surface area contributed by atoms with Crippen LogP contribution >= 0.6 is 0 Å². The number of likely N-dealkylation sites (N-methyl/N-ethyl adjacent to an activating group) is 2. The first-order chi connectivity index (χ1) is 17.7. The molecule has 0 spiro atoms. The fourth-order valence-corrected chi connectivity index (χ4v) is 10.2. The molecule has 3 fully saturated rings. The van der Waals surface area contributed by atoms with Gasteiger partial charge in [-0.15, -0.1) is 0 Å². The van der Waals surface area contributed by atoms with E-state index in [1.807, 2.05) is 0 Å². The highest BCUT2D eigenvalue weighted by Gasteiger charge is 2.59. The quantitative estimate of drug-likeness (QED) is 0.198. The summed E-state index contributed by atoms with van der Waals surface area (Å²) in [5.41, 5.74) is 2.77. The van der Waals surface area contributed by atoms with Gasteiger partial charge in [0.15, 0.2) is 0 Å². The topological polar surface area (TPSA) is 12.5 Å². The van der Waals surface area contributed by atoms with Crippen LogP contribution in [-0.4, -0.2) is 69.9 Å². The van der Waals surface area contributed by atoms with E-state index >= 15 is 0 Å². The lowest BCUT2D eigenvalue weighted by Gasteiger charge is -2.58. The van der Waals surface area contributed by atoms with Gasteiger partial charge in [-0.3, -0.25) is 0 Å². The number of ether oxygens (including phenoxy) is 1. The third-order valence-electron chi connectivity index (χ3n) is 12.0. The van der Waals surface area contributed by atoms with Crippen LogP contribution in [0.3, 0.4) is 0 Å². The Morgan fingerprint density at radius 2 is 1.71 bits per heavy atom. The van der Waals surface area contributed by atoms with Crippen molar-refractivity contribution in [1.82, 2.24) is 4.90 Å². The van der Waals surface area contributed by atoms with Crippen molar-refractivity contribution in [3.8, 4) is 0 Å². The summed E-state index contributed by atoms with van der Waals surface area (Å²) in [6.07, 6.45) is 18.8. The van der Waals surface area contributed by atoms with E-state index in [0.29, 0.717) is 23.0 Å². The molecule has 1 unspecified atom stereocenters.